The molecule has 1 aromatic carbocycles. The summed E-state index contributed by atoms with van der Waals surface area (Å²) in [4.78, 5) is 0. The van der Waals surface area contributed by atoms with Gasteiger partial charge in [0.15, 0.2) is 0 Å². The number of rotatable bonds is 4. The second-order valence-electron chi connectivity index (χ2n) is 7.78. The monoisotopic (exact) mass is 420 g/mol. The first-order chi connectivity index (χ1) is 11.7. The number of hydrogen-bond acceptors (Lipinski definition) is 0. The van der Waals surface area contributed by atoms with Gasteiger partial charge in [0.25, 0.3) is 0 Å². The summed E-state index contributed by atoms with van der Waals surface area (Å²) in [5.74, 6) is 0. The molecule has 2 aliphatic carbocycles. The summed E-state index contributed by atoms with van der Waals surface area (Å²) in [6.45, 7) is 11.8. The molecule has 0 aromatic heterocycles. The van der Waals surface area contributed by atoms with Crippen molar-refractivity contribution in [3.05, 3.63) is 63.3 Å². The topological polar surface area (TPSA) is 0 Å². The van der Waals surface area contributed by atoms with Crippen LogP contribution >= 0.6 is 0 Å². The van der Waals surface area contributed by atoms with E-state index in [9.17, 15) is 0 Å². The summed E-state index contributed by atoms with van der Waals surface area (Å²) in [6.07, 6.45) is 3.73. The Bertz CT molecular complexity index is 787. The van der Waals surface area contributed by atoms with Gasteiger partial charge in [-0.2, -0.15) is 0 Å². The van der Waals surface area contributed by atoms with Gasteiger partial charge < -0.3 is 0 Å². The molecule has 3 heteroatoms. The van der Waals surface area contributed by atoms with Crippen LogP contribution in [-0.2, 0) is 21.5 Å². The van der Waals surface area contributed by atoms with Gasteiger partial charge in [-0.05, 0) is 0 Å². The zero-order valence-electron chi connectivity index (χ0n) is 16.1. The molecular weight excluding hydrogens is 393 g/mol. The summed E-state index contributed by atoms with van der Waals surface area (Å²) < 4.78 is 31.2. The quantitative estimate of drug-likeness (QED) is 0.467. The Balaban J connectivity index is 2.19. The fraction of sp³-hybridized carbons (Fsp3) is 0.455. The minimum absolute atomic E-state index is 0.626. The third kappa shape index (κ3) is 2.53. The van der Waals surface area contributed by atoms with Crippen LogP contribution in [0.25, 0.3) is 6.08 Å². The van der Waals surface area contributed by atoms with E-state index in [-0.39, 0.29) is 0 Å². The van der Waals surface area contributed by atoms with Gasteiger partial charge in [-0.3, -0.25) is 0 Å². The van der Waals surface area contributed by atoms with Gasteiger partial charge in [0.05, 0.1) is 0 Å². The molecule has 2 aliphatic rings. The number of allylic oxidation sites excluding steroid dienone is 5. The van der Waals surface area contributed by atoms with E-state index in [4.69, 9.17) is 0 Å². The minimum atomic E-state index is -5.65. The molecule has 0 spiro atoms. The molecule has 0 radical (unpaired) electrons. The Labute approximate surface area is 156 Å². The van der Waals surface area contributed by atoms with Crippen LogP contribution in [0.4, 0.5) is 5.25 Å². The predicted octanol–water partition coefficient (Wildman–Crippen LogP) is 7.71. The standard InChI is InChI=1S/C12H13.C10H15.2FH.Zr/c1-2-5-10-8-11-6-3-4-7-12(11)9-10;1-6-7(2)9(4)10(5)8(6)3;;;/h3-4,6-9H,2,5H2,1H3;1-5H3;2*1H;/q;;;;+2/p-2. The second-order valence-corrected chi connectivity index (χ2v) is 14.7. The molecule has 0 fully saturated rings. The molecule has 0 saturated heterocycles. The average molecular weight is 422 g/mol. The van der Waals surface area contributed by atoms with Crippen LogP contribution in [0.2, 0.25) is 3.12 Å². The first-order valence-corrected chi connectivity index (χ1v) is 13.7. The molecule has 1 unspecified atom stereocenters. The SMILES string of the molecule is CCCC1=Cc2ccccc2[CH]1[Zr]([F])([F])[C]1(C)C(C)=C(C)C(C)=C1C. The van der Waals surface area contributed by atoms with Crippen molar-refractivity contribution in [1.29, 1.82) is 0 Å². The average Bonchev–Trinajstić information content (AvgIpc) is 3.02. The van der Waals surface area contributed by atoms with Crippen LogP contribution in [0.3, 0.4) is 0 Å². The number of hydrogen-bond donors (Lipinski definition) is 0. The Morgan fingerprint density at radius 3 is 2.12 bits per heavy atom. The summed E-state index contributed by atoms with van der Waals surface area (Å²) in [6, 6.07) is 7.79. The molecule has 0 bridgehead atoms. The third-order valence-electron chi connectivity index (χ3n) is 6.77. The number of halogens is 2. The molecule has 1 aromatic rings. The molecule has 0 heterocycles. The third-order valence-corrected chi connectivity index (χ3v) is 15.4. The molecule has 0 N–H and O–H groups in total. The van der Waals surface area contributed by atoms with Crippen molar-refractivity contribution >= 4 is 6.08 Å². The second kappa shape index (κ2) is 6.41. The van der Waals surface area contributed by atoms with Gasteiger partial charge in [-0.1, -0.05) is 0 Å². The van der Waals surface area contributed by atoms with Crippen molar-refractivity contribution in [2.75, 3.05) is 0 Å². The van der Waals surface area contributed by atoms with Gasteiger partial charge in [0, 0.05) is 0 Å². The van der Waals surface area contributed by atoms with Crippen LogP contribution in [0.5, 0.6) is 0 Å². The molecule has 1 atom stereocenters. The first-order valence-electron chi connectivity index (χ1n) is 9.21. The van der Waals surface area contributed by atoms with Gasteiger partial charge in [0.1, 0.15) is 0 Å². The van der Waals surface area contributed by atoms with Crippen molar-refractivity contribution in [2.24, 2.45) is 0 Å². The normalized spacial score (nSPS) is 22.6. The number of fused-ring (bicyclic) bond motifs is 1. The van der Waals surface area contributed by atoms with Gasteiger partial charge >= 0.3 is 157 Å². The Kier molecular flexibility index (Phi) is 4.86. The Hall–Kier alpha value is -0.817. The number of benzene rings is 1. The van der Waals surface area contributed by atoms with Gasteiger partial charge in [-0.15, -0.1) is 0 Å². The molecular formula is C22H28F2Zr. The fourth-order valence-electron chi connectivity index (χ4n) is 4.70. The van der Waals surface area contributed by atoms with Gasteiger partial charge in [-0.25, -0.2) is 0 Å². The molecule has 3 rings (SSSR count). The van der Waals surface area contributed by atoms with E-state index in [1.807, 2.05) is 65.0 Å². The predicted molar refractivity (Wildman–Crippen MR) is 99.4 cm³/mol. The Morgan fingerprint density at radius 1 is 1.00 bits per heavy atom. The molecule has 25 heavy (non-hydrogen) atoms. The van der Waals surface area contributed by atoms with E-state index in [1.54, 1.807) is 0 Å². The van der Waals surface area contributed by atoms with Crippen LogP contribution in [-0.4, -0.2) is 0 Å². The van der Waals surface area contributed by atoms with E-state index in [2.05, 4.69) is 6.92 Å². The zero-order valence-corrected chi connectivity index (χ0v) is 18.6. The summed E-state index contributed by atoms with van der Waals surface area (Å²) >= 11 is -5.65. The van der Waals surface area contributed by atoms with E-state index >= 15 is 5.25 Å². The van der Waals surface area contributed by atoms with E-state index in [0.29, 0.717) is 0 Å². The molecule has 0 amide bonds. The summed E-state index contributed by atoms with van der Waals surface area (Å²) in [5.41, 5.74) is 6.80. The Morgan fingerprint density at radius 2 is 1.56 bits per heavy atom. The van der Waals surface area contributed by atoms with Gasteiger partial charge in [0.2, 0.25) is 0 Å². The van der Waals surface area contributed by atoms with Crippen molar-refractivity contribution in [3.8, 4) is 0 Å². The summed E-state index contributed by atoms with van der Waals surface area (Å²) in [7, 11) is 0. The van der Waals surface area contributed by atoms with Crippen LogP contribution in [0.15, 0.2) is 52.1 Å². The van der Waals surface area contributed by atoms with E-state index in [1.165, 1.54) is 0 Å². The van der Waals surface area contributed by atoms with Crippen molar-refractivity contribution in [2.45, 2.75) is 61.1 Å². The molecule has 134 valence electrons. The maximum absolute atomic E-state index is 16.4. The molecule has 0 saturated carbocycles. The van der Waals surface area contributed by atoms with Crippen molar-refractivity contribution < 1.29 is 26.7 Å². The maximum atomic E-state index is 16.4. The van der Waals surface area contributed by atoms with Crippen LogP contribution in [0, 0.1) is 0 Å². The van der Waals surface area contributed by atoms with Crippen LogP contribution in [0.1, 0.15) is 69.1 Å². The van der Waals surface area contributed by atoms with Crippen molar-refractivity contribution in [3.63, 3.8) is 0 Å². The molecule has 0 aliphatic heterocycles. The van der Waals surface area contributed by atoms with Crippen molar-refractivity contribution in [1.82, 2.24) is 0 Å². The zero-order chi connectivity index (χ0) is 18.6. The summed E-state index contributed by atoms with van der Waals surface area (Å²) in [5, 5.41) is 0. The fourth-order valence-corrected chi connectivity index (χ4v) is 12.8. The van der Waals surface area contributed by atoms with E-state index < -0.39 is 28.2 Å². The van der Waals surface area contributed by atoms with Crippen LogP contribution < -0.4 is 0 Å². The molecule has 0 nitrogen and oxygen atoms in total. The van der Waals surface area contributed by atoms with E-state index in [0.717, 1.165) is 51.8 Å². The first kappa shape index (κ1) is 19.0.